The fourth-order valence-corrected chi connectivity index (χ4v) is 2.50. The van der Waals surface area contributed by atoms with Crippen molar-refractivity contribution in [3.8, 4) is 6.07 Å². The summed E-state index contributed by atoms with van der Waals surface area (Å²) in [6.45, 7) is 0. The molecule has 0 aliphatic rings. The van der Waals surface area contributed by atoms with E-state index in [9.17, 15) is 13.2 Å². The van der Waals surface area contributed by atoms with Crippen molar-refractivity contribution in [2.24, 2.45) is 0 Å². The van der Waals surface area contributed by atoms with Crippen LogP contribution in [0, 0.1) is 11.3 Å². The Morgan fingerprint density at radius 1 is 1.20 bits per heavy atom. The van der Waals surface area contributed by atoms with Crippen LogP contribution in [0.5, 0.6) is 0 Å². The second-order valence-electron chi connectivity index (χ2n) is 3.26. The summed E-state index contributed by atoms with van der Waals surface area (Å²) in [4.78, 5) is 10.1. The van der Waals surface area contributed by atoms with Crippen molar-refractivity contribution in [2.75, 3.05) is 11.5 Å². The van der Waals surface area contributed by atoms with Gasteiger partial charge in [-0.2, -0.15) is 5.26 Å². The summed E-state index contributed by atoms with van der Waals surface area (Å²) in [6, 6.07) is 1.88. The lowest BCUT2D eigenvalue weighted by Gasteiger charge is -2.01. The second-order valence-corrected chi connectivity index (χ2v) is 5.57. The molecule has 0 aromatic carbocycles. The van der Waals surface area contributed by atoms with Gasteiger partial charge in [-0.05, 0) is 19.3 Å². The molecule has 0 unspecified atom stereocenters. The van der Waals surface area contributed by atoms with Crippen molar-refractivity contribution in [1.82, 2.24) is 0 Å². The Bertz CT molecular complexity index is 329. The van der Waals surface area contributed by atoms with Crippen molar-refractivity contribution in [3.05, 3.63) is 0 Å². The molecule has 86 valence electrons. The highest BCUT2D eigenvalue weighted by Gasteiger charge is 2.10. The highest BCUT2D eigenvalue weighted by atomic mass is 32.2. The van der Waals surface area contributed by atoms with E-state index in [4.69, 9.17) is 10.4 Å². The number of carboxylic acid groups (broad SMARTS) is 1. The summed E-state index contributed by atoms with van der Waals surface area (Å²) in [5.74, 6) is -0.865. The molecule has 1 N–H and O–H groups in total. The van der Waals surface area contributed by atoms with Gasteiger partial charge in [-0.15, -0.1) is 0 Å². The van der Waals surface area contributed by atoms with E-state index in [1.807, 2.05) is 6.07 Å². The molecule has 0 saturated carbocycles. The van der Waals surface area contributed by atoms with Crippen molar-refractivity contribution >= 4 is 15.8 Å². The largest absolute Gasteiger partial charge is 0.481 e. The van der Waals surface area contributed by atoms with Crippen molar-refractivity contribution in [1.29, 1.82) is 5.26 Å². The lowest BCUT2D eigenvalue weighted by molar-refractivity contribution is -0.137. The van der Waals surface area contributed by atoms with E-state index < -0.39 is 15.8 Å². The quantitative estimate of drug-likeness (QED) is 0.630. The van der Waals surface area contributed by atoms with E-state index in [0.717, 1.165) is 0 Å². The third kappa shape index (κ3) is 9.22. The molecule has 15 heavy (non-hydrogen) atoms. The molecule has 0 heterocycles. The highest BCUT2D eigenvalue weighted by Crippen LogP contribution is 2.03. The van der Waals surface area contributed by atoms with Crippen LogP contribution in [0.3, 0.4) is 0 Å². The van der Waals surface area contributed by atoms with E-state index in [1.54, 1.807) is 0 Å². The van der Waals surface area contributed by atoms with Crippen LogP contribution in [0.4, 0.5) is 0 Å². The molecule has 5 nitrogen and oxygen atoms in total. The van der Waals surface area contributed by atoms with E-state index >= 15 is 0 Å². The van der Waals surface area contributed by atoms with Crippen molar-refractivity contribution in [3.63, 3.8) is 0 Å². The molecule has 0 amide bonds. The zero-order valence-electron chi connectivity index (χ0n) is 8.48. The van der Waals surface area contributed by atoms with Gasteiger partial charge in [0, 0.05) is 12.8 Å². The minimum absolute atomic E-state index is 0.00765. The number of sulfone groups is 1. The van der Waals surface area contributed by atoms with Gasteiger partial charge in [-0.3, -0.25) is 4.79 Å². The molecule has 0 fully saturated rings. The molecule has 0 aliphatic heterocycles. The molecular formula is C9H15NO4S. The second kappa shape index (κ2) is 7.23. The predicted octanol–water partition coefficient (Wildman–Crippen LogP) is 0.960. The Hall–Kier alpha value is -1.09. The number of hydrogen-bond donors (Lipinski definition) is 1. The number of unbranched alkanes of at least 4 members (excludes halogenated alkanes) is 2. The standard InChI is InChI=1S/C9H15NO4S/c10-6-2-4-8-15(13,14)7-3-1-5-9(11)12/h1-5,7-8H2,(H,11,12). The van der Waals surface area contributed by atoms with Crippen molar-refractivity contribution in [2.45, 2.75) is 32.1 Å². The first-order valence-corrected chi connectivity index (χ1v) is 6.59. The summed E-state index contributed by atoms with van der Waals surface area (Å²) < 4.78 is 22.6. The first-order chi connectivity index (χ1) is 6.98. The third-order valence-corrected chi connectivity index (χ3v) is 3.66. The number of nitriles is 1. The smallest absolute Gasteiger partial charge is 0.303 e. The van der Waals surface area contributed by atoms with Crippen molar-refractivity contribution < 1.29 is 18.3 Å². The summed E-state index contributed by atoms with van der Waals surface area (Å²) in [7, 11) is -3.10. The Morgan fingerprint density at radius 2 is 1.80 bits per heavy atom. The van der Waals surface area contributed by atoms with Gasteiger partial charge in [-0.25, -0.2) is 8.42 Å². The number of hydrogen-bond acceptors (Lipinski definition) is 4. The average Bonchev–Trinajstić information content (AvgIpc) is 2.13. The first-order valence-electron chi connectivity index (χ1n) is 4.77. The van der Waals surface area contributed by atoms with Crippen LogP contribution in [0.1, 0.15) is 32.1 Å². The molecular weight excluding hydrogens is 218 g/mol. The Balaban J connectivity index is 3.66. The van der Waals surface area contributed by atoms with Crippen LogP contribution >= 0.6 is 0 Å². The van der Waals surface area contributed by atoms with E-state index in [0.29, 0.717) is 19.3 Å². The van der Waals surface area contributed by atoms with Gasteiger partial charge >= 0.3 is 5.97 Å². The minimum Gasteiger partial charge on any atom is -0.481 e. The SMILES string of the molecule is N#CCCCS(=O)(=O)CCCCC(=O)O. The Kier molecular flexibility index (Phi) is 6.71. The van der Waals surface area contributed by atoms with E-state index in [-0.39, 0.29) is 24.3 Å². The van der Waals surface area contributed by atoms with Gasteiger partial charge in [0.15, 0.2) is 0 Å². The van der Waals surface area contributed by atoms with Crippen LogP contribution in [-0.2, 0) is 14.6 Å². The van der Waals surface area contributed by atoms with E-state index in [1.165, 1.54) is 0 Å². The van der Waals surface area contributed by atoms with Gasteiger partial charge in [-0.1, -0.05) is 0 Å². The lowest BCUT2D eigenvalue weighted by atomic mass is 10.2. The van der Waals surface area contributed by atoms with Gasteiger partial charge in [0.05, 0.1) is 17.6 Å². The molecule has 0 rings (SSSR count). The van der Waals surface area contributed by atoms with Crippen LogP contribution in [-0.4, -0.2) is 31.0 Å². The molecule has 0 atom stereocenters. The maximum Gasteiger partial charge on any atom is 0.303 e. The predicted molar refractivity (Wildman–Crippen MR) is 55.0 cm³/mol. The molecule has 6 heteroatoms. The maximum atomic E-state index is 11.3. The fraction of sp³-hybridized carbons (Fsp3) is 0.778. The molecule has 0 aromatic heterocycles. The summed E-state index contributed by atoms with van der Waals surface area (Å²) in [5, 5.41) is 16.6. The zero-order chi connectivity index (χ0) is 11.7. The van der Waals surface area contributed by atoms with Crippen LogP contribution < -0.4 is 0 Å². The monoisotopic (exact) mass is 233 g/mol. The molecule has 0 bridgehead atoms. The number of carbonyl (C=O) groups is 1. The van der Waals surface area contributed by atoms with Crippen LogP contribution in [0.15, 0.2) is 0 Å². The molecule has 0 spiro atoms. The molecule has 0 saturated heterocycles. The van der Waals surface area contributed by atoms with Gasteiger partial charge in [0.1, 0.15) is 9.84 Å². The van der Waals surface area contributed by atoms with Crippen LogP contribution in [0.25, 0.3) is 0 Å². The number of carboxylic acids is 1. The highest BCUT2D eigenvalue weighted by molar-refractivity contribution is 7.91. The van der Waals surface area contributed by atoms with Gasteiger partial charge in [0.25, 0.3) is 0 Å². The Morgan fingerprint density at radius 3 is 2.33 bits per heavy atom. The van der Waals surface area contributed by atoms with E-state index in [2.05, 4.69) is 0 Å². The average molecular weight is 233 g/mol. The topological polar surface area (TPSA) is 95.2 Å². The first kappa shape index (κ1) is 13.9. The van der Waals surface area contributed by atoms with Crippen LogP contribution in [0.2, 0.25) is 0 Å². The number of rotatable bonds is 8. The molecule has 0 aliphatic carbocycles. The summed E-state index contributed by atoms with van der Waals surface area (Å²) in [5.41, 5.74) is 0. The number of nitrogens with zero attached hydrogens (tertiary/aromatic N) is 1. The Labute approximate surface area is 89.6 Å². The third-order valence-electron chi connectivity index (χ3n) is 1.84. The maximum absolute atomic E-state index is 11.3. The normalized spacial score (nSPS) is 10.9. The molecule has 0 radical (unpaired) electrons. The minimum atomic E-state index is -3.10. The lowest BCUT2D eigenvalue weighted by Crippen LogP contribution is -2.11. The summed E-state index contributed by atoms with van der Waals surface area (Å²) >= 11 is 0. The van der Waals surface area contributed by atoms with Gasteiger partial charge < -0.3 is 5.11 Å². The summed E-state index contributed by atoms with van der Waals surface area (Å²) in [6.07, 6.45) is 1.37. The number of aliphatic carboxylic acids is 1. The molecule has 0 aromatic rings. The van der Waals surface area contributed by atoms with Gasteiger partial charge in [0.2, 0.25) is 0 Å². The zero-order valence-corrected chi connectivity index (χ0v) is 9.29. The fourth-order valence-electron chi connectivity index (χ4n) is 1.07.